The first-order valence-corrected chi connectivity index (χ1v) is 12.2. The van der Waals surface area contributed by atoms with Crippen molar-refractivity contribution in [3.8, 4) is 5.75 Å². The van der Waals surface area contributed by atoms with Crippen LogP contribution in [0.1, 0.15) is 49.7 Å². The van der Waals surface area contributed by atoms with Crippen molar-refractivity contribution in [3.05, 3.63) is 51.3 Å². The standard InChI is InChI=1S/C24H30N2O2S.ClH/c27-24-22-16-29-13-10-20(22)21-14-19(6-7-23(21)25-24)28-18-8-11-26(12-9-18)15-17-4-2-1-3-5-17;/h4,6-7,14,18H,1-3,5,8-13,15-16H2,(H,25,27);1H. The first kappa shape index (κ1) is 21.8. The lowest BCUT2D eigenvalue weighted by atomic mass is 9.98. The highest BCUT2D eigenvalue weighted by Gasteiger charge is 2.22. The van der Waals surface area contributed by atoms with Gasteiger partial charge >= 0.3 is 0 Å². The number of halogens is 1. The summed E-state index contributed by atoms with van der Waals surface area (Å²) in [5, 5.41) is 1.17. The van der Waals surface area contributed by atoms with E-state index < -0.39 is 0 Å². The summed E-state index contributed by atoms with van der Waals surface area (Å²) in [5.74, 6) is 2.85. The molecular formula is C24H31ClN2O2S. The number of H-pyrrole nitrogens is 1. The van der Waals surface area contributed by atoms with Gasteiger partial charge in [-0.2, -0.15) is 11.8 Å². The number of ether oxygens (including phenoxy) is 1. The lowest BCUT2D eigenvalue weighted by Gasteiger charge is -2.33. The molecule has 30 heavy (non-hydrogen) atoms. The van der Waals surface area contributed by atoms with Gasteiger partial charge in [0.15, 0.2) is 0 Å². The minimum Gasteiger partial charge on any atom is -0.490 e. The second-order valence-corrected chi connectivity index (χ2v) is 9.73. The molecule has 0 spiro atoms. The molecule has 6 heteroatoms. The Labute approximate surface area is 188 Å². The quantitative estimate of drug-likeness (QED) is 0.665. The van der Waals surface area contributed by atoms with Crippen LogP contribution in [0.15, 0.2) is 34.6 Å². The molecule has 2 aromatic rings. The van der Waals surface area contributed by atoms with Gasteiger partial charge in [0.2, 0.25) is 0 Å². The van der Waals surface area contributed by atoms with Crippen molar-refractivity contribution in [2.24, 2.45) is 0 Å². The molecule has 1 fully saturated rings. The maximum absolute atomic E-state index is 12.3. The van der Waals surface area contributed by atoms with Crippen LogP contribution in [0, 0.1) is 0 Å². The smallest absolute Gasteiger partial charge is 0.252 e. The van der Waals surface area contributed by atoms with E-state index in [1.807, 2.05) is 23.9 Å². The number of allylic oxidation sites excluding steroid dienone is 1. The molecule has 0 radical (unpaired) electrons. The molecule has 0 atom stereocenters. The maximum Gasteiger partial charge on any atom is 0.252 e. The molecule has 0 amide bonds. The maximum atomic E-state index is 12.3. The zero-order valence-corrected chi connectivity index (χ0v) is 19.1. The number of thioether (sulfide) groups is 1. The largest absolute Gasteiger partial charge is 0.490 e. The van der Waals surface area contributed by atoms with Crippen LogP contribution in [-0.4, -0.2) is 41.4 Å². The summed E-state index contributed by atoms with van der Waals surface area (Å²) < 4.78 is 6.38. The van der Waals surface area contributed by atoms with E-state index in [4.69, 9.17) is 4.74 Å². The number of hydrogen-bond acceptors (Lipinski definition) is 4. The number of fused-ring (bicyclic) bond motifs is 3. The zero-order chi connectivity index (χ0) is 19.6. The summed E-state index contributed by atoms with van der Waals surface area (Å²) >= 11 is 1.85. The van der Waals surface area contributed by atoms with E-state index in [-0.39, 0.29) is 24.1 Å². The SMILES string of the molecule is Cl.O=c1[nH]c2ccc(OC3CCN(CC4=CCCCC4)CC3)cc2c2c1CSCC2. The van der Waals surface area contributed by atoms with Crippen molar-refractivity contribution in [1.82, 2.24) is 9.88 Å². The van der Waals surface area contributed by atoms with Gasteiger partial charge in [-0.3, -0.25) is 9.69 Å². The number of benzene rings is 1. The fraction of sp³-hybridized carbons (Fsp3) is 0.542. The predicted octanol–water partition coefficient (Wildman–Crippen LogP) is 5.08. The average molecular weight is 447 g/mol. The van der Waals surface area contributed by atoms with E-state index in [0.29, 0.717) is 0 Å². The normalized spacial score (nSPS) is 20.3. The Kier molecular flexibility index (Phi) is 7.12. The second-order valence-electron chi connectivity index (χ2n) is 8.62. The van der Waals surface area contributed by atoms with Gasteiger partial charge in [0.25, 0.3) is 5.56 Å². The molecule has 1 saturated heterocycles. The third-order valence-electron chi connectivity index (χ3n) is 6.59. The Morgan fingerprint density at radius 3 is 2.80 bits per heavy atom. The Balaban J connectivity index is 0.00000218. The van der Waals surface area contributed by atoms with Gasteiger partial charge in [0.1, 0.15) is 11.9 Å². The highest BCUT2D eigenvalue weighted by molar-refractivity contribution is 7.98. The number of aryl methyl sites for hydroxylation is 1. The van der Waals surface area contributed by atoms with E-state index in [2.05, 4.69) is 22.0 Å². The summed E-state index contributed by atoms with van der Waals surface area (Å²) in [4.78, 5) is 18.0. The number of aromatic amines is 1. The van der Waals surface area contributed by atoms with Gasteiger partial charge in [-0.05, 0) is 74.5 Å². The van der Waals surface area contributed by atoms with Gasteiger partial charge in [0.05, 0.1) is 0 Å². The third kappa shape index (κ3) is 4.74. The first-order valence-electron chi connectivity index (χ1n) is 11.1. The average Bonchev–Trinajstić information content (AvgIpc) is 2.77. The van der Waals surface area contributed by atoms with Crippen molar-refractivity contribution >= 4 is 35.1 Å². The fourth-order valence-electron chi connectivity index (χ4n) is 4.95. The number of hydrogen-bond donors (Lipinski definition) is 1. The van der Waals surface area contributed by atoms with Crippen molar-refractivity contribution in [1.29, 1.82) is 0 Å². The monoisotopic (exact) mass is 446 g/mol. The van der Waals surface area contributed by atoms with E-state index in [1.165, 1.54) is 36.6 Å². The molecule has 3 heterocycles. The lowest BCUT2D eigenvalue weighted by molar-refractivity contribution is 0.105. The number of pyridine rings is 1. The van der Waals surface area contributed by atoms with E-state index in [9.17, 15) is 4.79 Å². The van der Waals surface area contributed by atoms with Crippen LogP contribution in [0.4, 0.5) is 0 Å². The number of piperidine rings is 1. The Bertz CT molecular complexity index is 979. The van der Waals surface area contributed by atoms with E-state index in [1.54, 1.807) is 5.57 Å². The van der Waals surface area contributed by atoms with Crippen LogP contribution < -0.4 is 10.3 Å². The van der Waals surface area contributed by atoms with Gasteiger partial charge in [-0.25, -0.2) is 0 Å². The van der Waals surface area contributed by atoms with Gasteiger partial charge < -0.3 is 9.72 Å². The second kappa shape index (κ2) is 9.80. The molecule has 3 aliphatic rings. The first-order chi connectivity index (χ1) is 14.3. The fourth-order valence-corrected chi connectivity index (χ4v) is 5.95. The van der Waals surface area contributed by atoms with Crippen molar-refractivity contribution in [2.75, 3.05) is 25.4 Å². The Morgan fingerprint density at radius 2 is 2.00 bits per heavy atom. The lowest BCUT2D eigenvalue weighted by Crippen LogP contribution is -2.39. The predicted molar refractivity (Wildman–Crippen MR) is 128 cm³/mol. The van der Waals surface area contributed by atoms with Gasteiger partial charge in [0, 0.05) is 41.9 Å². The number of likely N-dealkylation sites (tertiary alicyclic amines) is 1. The van der Waals surface area contributed by atoms with Gasteiger partial charge in [-0.15, -0.1) is 12.4 Å². The Morgan fingerprint density at radius 1 is 1.13 bits per heavy atom. The minimum absolute atomic E-state index is 0. The Hall–Kier alpha value is -1.43. The molecule has 1 N–H and O–H groups in total. The summed E-state index contributed by atoms with van der Waals surface area (Å²) in [6.07, 6.45) is 11.2. The van der Waals surface area contributed by atoms with Crippen molar-refractivity contribution in [2.45, 2.75) is 56.8 Å². The summed E-state index contributed by atoms with van der Waals surface area (Å²) in [6.45, 7) is 3.39. The third-order valence-corrected chi connectivity index (χ3v) is 7.58. The molecule has 4 nitrogen and oxygen atoms in total. The van der Waals surface area contributed by atoms with Crippen LogP contribution in [-0.2, 0) is 12.2 Å². The van der Waals surface area contributed by atoms with Crippen molar-refractivity contribution < 1.29 is 4.74 Å². The minimum atomic E-state index is 0. The van der Waals surface area contributed by atoms with Gasteiger partial charge in [-0.1, -0.05) is 11.6 Å². The number of nitrogens with zero attached hydrogens (tertiary/aromatic N) is 1. The molecule has 2 aliphatic heterocycles. The summed E-state index contributed by atoms with van der Waals surface area (Å²) in [5.41, 5.74) is 4.83. The van der Waals surface area contributed by atoms with Crippen LogP contribution in [0.5, 0.6) is 5.75 Å². The molecule has 0 saturated carbocycles. The zero-order valence-electron chi connectivity index (χ0n) is 17.5. The van der Waals surface area contributed by atoms with Crippen molar-refractivity contribution in [3.63, 3.8) is 0 Å². The molecule has 1 aliphatic carbocycles. The molecule has 0 bridgehead atoms. The molecule has 5 rings (SSSR count). The molecular weight excluding hydrogens is 416 g/mol. The van der Waals surface area contributed by atoms with E-state index >= 15 is 0 Å². The van der Waals surface area contributed by atoms with E-state index in [0.717, 1.165) is 67.2 Å². The van der Waals surface area contributed by atoms with Crippen LogP contribution in [0.2, 0.25) is 0 Å². The van der Waals surface area contributed by atoms with Crippen LogP contribution in [0.3, 0.4) is 0 Å². The molecule has 1 aromatic carbocycles. The highest BCUT2D eigenvalue weighted by atomic mass is 35.5. The molecule has 0 unspecified atom stereocenters. The van der Waals surface area contributed by atoms with Crippen LogP contribution in [0.25, 0.3) is 10.9 Å². The summed E-state index contributed by atoms with van der Waals surface area (Å²) in [7, 11) is 0. The topological polar surface area (TPSA) is 45.3 Å². The highest BCUT2D eigenvalue weighted by Crippen LogP contribution is 2.31. The molecule has 162 valence electrons. The number of nitrogens with one attached hydrogen (secondary N) is 1. The summed E-state index contributed by atoms with van der Waals surface area (Å²) in [6, 6.07) is 6.18. The number of rotatable bonds is 4. The van der Waals surface area contributed by atoms with Crippen LogP contribution >= 0.6 is 24.2 Å². The number of aromatic nitrogens is 1. The molecule has 1 aromatic heterocycles.